The molecule has 2 heterocycles. The normalized spacial score (nSPS) is 10.7. The highest BCUT2D eigenvalue weighted by molar-refractivity contribution is 6.35. The van der Waals surface area contributed by atoms with Gasteiger partial charge >= 0.3 is 11.8 Å². The fourth-order valence-electron chi connectivity index (χ4n) is 2.22. The SMILES string of the molecule is O=C(NCc1ccco1)C(=O)N/N=C\c1ccc(-c2cccc([N+](=O)[O-])c2)o1. The third kappa shape index (κ3) is 4.69. The van der Waals surface area contributed by atoms with Gasteiger partial charge in [-0.2, -0.15) is 5.10 Å². The van der Waals surface area contributed by atoms with E-state index in [-0.39, 0.29) is 18.0 Å². The van der Waals surface area contributed by atoms with E-state index in [1.54, 1.807) is 36.4 Å². The number of benzene rings is 1. The summed E-state index contributed by atoms with van der Waals surface area (Å²) in [4.78, 5) is 33.6. The van der Waals surface area contributed by atoms with Crippen LogP contribution in [0.5, 0.6) is 0 Å². The van der Waals surface area contributed by atoms with Crippen LogP contribution in [0.4, 0.5) is 5.69 Å². The smallest absolute Gasteiger partial charge is 0.329 e. The molecule has 0 aliphatic rings. The van der Waals surface area contributed by atoms with Crippen LogP contribution in [0, 0.1) is 10.1 Å². The molecular weight excluding hydrogens is 368 g/mol. The van der Waals surface area contributed by atoms with E-state index in [4.69, 9.17) is 8.83 Å². The summed E-state index contributed by atoms with van der Waals surface area (Å²) in [5.74, 6) is -0.627. The van der Waals surface area contributed by atoms with Gasteiger partial charge in [-0.1, -0.05) is 12.1 Å². The molecule has 0 saturated heterocycles. The summed E-state index contributed by atoms with van der Waals surface area (Å²) in [7, 11) is 0. The quantitative estimate of drug-likeness (QED) is 0.290. The Balaban J connectivity index is 1.55. The number of hydrogen-bond acceptors (Lipinski definition) is 7. The number of nitro benzene ring substituents is 1. The number of rotatable bonds is 6. The molecule has 0 aliphatic carbocycles. The molecule has 2 aromatic heterocycles. The number of nitrogens with zero attached hydrogens (tertiary/aromatic N) is 2. The summed E-state index contributed by atoms with van der Waals surface area (Å²) in [6.45, 7) is 0.0771. The zero-order valence-corrected chi connectivity index (χ0v) is 14.3. The van der Waals surface area contributed by atoms with Crippen molar-refractivity contribution in [2.75, 3.05) is 0 Å². The molecule has 0 saturated carbocycles. The summed E-state index contributed by atoms with van der Waals surface area (Å²) < 4.78 is 10.5. The van der Waals surface area contributed by atoms with Crippen LogP contribution in [-0.4, -0.2) is 23.0 Å². The summed E-state index contributed by atoms with van der Waals surface area (Å²) in [5.41, 5.74) is 2.54. The number of hydrogen-bond donors (Lipinski definition) is 2. The van der Waals surface area contributed by atoms with Crippen LogP contribution < -0.4 is 10.7 Å². The molecule has 0 radical (unpaired) electrons. The van der Waals surface area contributed by atoms with Gasteiger partial charge in [0.1, 0.15) is 17.3 Å². The average molecular weight is 382 g/mol. The predicted molar refractivity (Wildman–Crippen MR) is 97.1 cm³/mol. The lowest BCUT2D eigenvalue weighted by atomic mass is 10.1. The number of non-ortho nitro benzene ring substituents is 1. The third-order valence-corrected chi connectivity index (χ3v) is 3.54. The van der Waals surface area contributed by atoms with Gasteiger partial charge in [-0.25, -0.2) is 5.43 Å². The van der Waals surface area contributed by atoms with Gasteiger partial charge < -0.3 is 14.2 Å². The standard InChI is InChI=1S/C18H14N4O6/c23-17(19-10-14-5-2-8-27-14)18(24)21-20-11-15-6-7-16(28-15)12-3-1-4-13(9-12)22(25)26/h1-9,11H,10H2,(H,19,23)(H,21,24)/b20-11-. The molecule has 0 atom stereocenters. The fraction of sp³-hybridized carbons (Fsp3) is 0.0556. The monoisotopic (exact) mass is 382 g/mol. The minimum absolute atomic E-state index is 0.0584. The van der Waals surface area contributed by atoms with Gasteiger partial charge in [0.2, 0.25) is 0 Å². The Hall–Kier alpha value is -4.21. The number of nitro groups is 1. The van der Waals surface area contributed by atoms with Crippen LogP contribution in [0.3, 0.4) is 0 Å². The summed E-state index contributed by atoms with van der Waals surface area (Å²) in [6, 6.07) is 12.5. The lowest BCUT2D eigenvalue weighted by Gasteiger charge is -2.01. The summed E-state index contributed by atoms with van der Waals surface area (Å²) >= 11 is 0. The maximum Gasteiger partial charge on any atom is 0.329 e. The van der Waals surface area contributed by atoms with E-state index in [9.17, 15) is 19.7 Å². The lowest BCUT2D eigenvalue weighted by Crippen LogP contribution is -2.37. The van der Waals surface area contributed by atoms with E-state index < -0.39 is 16.7 Å². The Kier molecular flexibility index (Phi) is 5.60. The highest BCUT2D eigenvalue weighted by atomic mass is 16.6. The number of nitrogens with one attached hydrogen (secondary N) is 2. The molecule has 2 amide bonds. The van der Waals surface area contributed by atoms with Gasteiger partial charge in [-0.15, -0.1) is 0 Å². The van der Waals surface area contributed by atoms with Crippen LogP contribution in [0.2, 0.25) is 0 Å². The molecule has 10 heteroatoms. The minimum atomic E-state index is -0.951. The van der Waals surface area contributed by atoms with Gasteiger partial charge in [0.05, 0.1) is 23.9 Å². The summed E-state index contributed by atoms with van der Waals surface area (Å²) in [6.07, 6.45) is 2.66. The van der Waals surface area contributed by atoms with Crippen LogP contribution in [-0.2, 0) is 16.1 Å². The maximum atomic E-state index is 11.7. The maximum absolute atomic E-state index is 11.7. The molecule has 0 fully saturated rings. The van der Waals surface area contributed by atoms with Crippen molar-refractivity contribution in [2.45, 2.75) is 6.54 Å². The van der Waals surface area contributed by atoms with Gasteiger partial charge in [0.15, 0.2) is 0 Å². The first kappa shape index (κ1) is 18.6. The Morgan fingerprint density at radius 3 is 2.75 bits per heavy atom. The van der Waals surface area contributed by atoms with E-state index in [1.807, 2.05) is 0 Å². The molecule has 0 bridgehead atoms. The second kappa shape index (κ2) is 8.45. The van der Waals surface area contributed by atoms with Crippen molar-refractivity contribution in [3.8, 4) is 11.3 Å². The predicted octanol–water partition coefficient (Wildman–Crippen LogP) is 2.21. The van der Waals surface area contributed by atoms with Crippen molar-refractivity contribution in [3.05, 3.63) is 76.4 Å². The molecule has 0 aliphatic heterocycles. The molecule has 0 unspecified atom stereocenters. The Bertz CT molecular complexity index is 1020. The number of carbonyl (C=O) groups is 2. The van der Waals surface area contributed by atoms with Crippen molar-refractivity contribution in [1.29, 1.82) is 0 Å². The molecule has 142 valence electrons. The third-order valence-electron chi connectivity index (χ3n) is 3.54. The van der Waals surface area contributed by atoms with E-state index in [0.29, 0.717) is 17.1 Å². The first-order valence-corrected chi connectivity index (χ1v) is 8.01. The van der Waals surface area contributed by atoms with E-state index in [1.165, 1.54) is 24.6 Å². The average Bonchev–Trinajstić information content (AvgIpc) is 3.38. The molecule has 2 N–H and O–H groups in total. The Morgan fingerprint density at radius 1 is 1.14 bits per heavy atom. The molecule has 3 rings (SSSR count). The first-order chi connectivity index (χ1) is 13.5. The second-order valence-electron chi connectivity index (χ2n) is 5.47. The Morgan fingerprint density at radius 2 is 2.00 bits per heavy atom. The molecule has 3 aromatic rings. The largest absolute Gasteiger partial charge is 0.467 e. The number of furan rings is 2. The van der Waals surface area contributed by atoms with Crippen LogP contribution >= 0.6 is 0 Å². The zero-order chi connectivity index (χ0) is 19.9. The molecule has 10 nitrogen and oxygen atoms in total. The van der Waals surface area contributed by atoms with Crippen molar-refractivity contribution in [3.63, 3.8) is 0 Å². The van der Waals surface area contributed by atoms with E-state index in [0.717, 1.165) is 0 Å². The van der Waals surface area contributed by atoms with Gasteiger partial charge in [-0.3, -0.25) is 19.7 Å². The van der Waals surface area contributed by atoms with Crippen molar-refractivity contribution in [1.82, 2.24) is 10.7 Å². The second-order valence-corrected chi connectivity index (χ2v) is 5.47. The van der Waals surface area contributed by atoms with Gasteiger partial charge in [0.25, 0.3) is 5.69 Å². The number of carbonyl (C=O) groups excluding carboxylic acids is 2. The van der Waals surface area contributed by atoms with Crippen LogP contribution in [0.15, 0.2) is 68.7 Å². The highest BCUT2D eigenvalue weighted by Gasteiger charge is 2.13. The minimum Gasteiger partial charge on any atom is -0.467 e. The number of hydrazone groups is 1. The van der Waals surface area contributed by atoms with Gasteiger partial charge in [0, 0.05) is 17.7 Å². The van der Waals surface area contributed by atoms with Gasteiger partial charge in [-0.05, 0) is 24.3 Å². The highest BCUT2D eigenvalue weighted by Crippen LogP contribution is 2.25. The topological polar surface area (TPSA) is 140 Å². The van der Waals surface area contributed by atoms with E-state index >= 15 is 0 Å². The fourth-order valence-corrected chi connectivity index (χ4v) is 2.22. The zero-order valence-electron chi connectivity index (χ0n) is 14.3. The Labute approximate surface area is 158 Å². The molecular formula is C18H14N4O6. The van der Waals surface area contributed by atoms with Crippen LogP contribution in [0.1, 0.15) is 11.5 Å². The van der Waals surface area contributed by atoms with Crippen molar-refractivity contribution in [2.24, 2.45) is 5.10 Å². The summed E-state index contributed by atoms with van der Waals surface area (Å²) in [5, 5.41) is 16.9. The molecule has 0 spiro atoms. The number of amides is 2. The van der Waals surface area contributed by atoms with E-state index in [2.05, 4.69) is 15.8 Å². The van der Waals surface area contributed by atoms with Crippen molar-refractivity contribution >= 4 is 23.7 Å². The first-order valence-electron chi connectivity index (χ1n) is 8.01. The lowest BCUT2D eigenvalue weighted by molar-refractivity contribution is -0.384. The molecule has 1 aromatic carbocycles. The molecule has 28 heavy (non-hydrogen) atoms. The van der Waals surface area contributed by atoms with Crippen LogP contribution in [0.25, 0.3) is 11.3 Å². The van der Waals surface area contributed by atoms with Crippen molar-refractivity contribution < 1.29 is 23.3 Å².